The first-order chi connectivity index (χ1) is 14.1. The number of carboxylic acids is 1. The van der Waals surface area contributed by atoms with Crippen molar-refractivity contribution in [1.29, 1.82) is 0 Å². The molecule has 1 N–H and O–H groups in total. The summed E-state index contributed by atoms with van der Waals surface area (Å²) in [5.74, 6) is -0.631. The van der Waals surface area contributed by atoms with E-state index in [9.17, 15) is 9.18 Å². The van der Waals surface area contributed by atoms with Crippen molar-refractivity contribution in [2.24, 2.45) is 0 Å². The topological polar surface area (TPSA) is 77.2 Å². The Labute approximate surface area is 169 Å². The van der Waals surface area contributed by atoms with E-state index < -0.39 is 5.97 Å². The van der Waals surface area contributed by atoms with E-state index in [1.165, 1.54) is 35.9 Å². The number of aromatic nitrogens is 3. The van der Waals surface area contributed by atoms with Crippen LogP contribution in [-0.4, -0.2) is 25.8 Å². The monoisotopic (exact) mass is 409 g/mol. The molecule has 0 bridgehead atoms. The summed E-state index contributed by atoms with van der Waals surface area (Å²) in [5.41, 5.74) is 2.60. The van der Waals surface area contributed by atoms with Crippen LogP contribution in [0.4, 0.5) is 4.39 Å². The highest BCUT2D eigenvalue weighted by molar-refractivity contribution is 7.09. The van der Waals surface area contributed by atoms with Crippen molar-refractivity contribution < 1.29 is 19.0 Å². The fourth-order valence-electron chi connectivity index (χ4n) is 2.75. The largest absolute Gasteiger partial charge is 0.489 e. The van der Waals surface area contributed by atoms with Crippen LogP contribution in [0.3, 0.4) is 0 Å². The quantitative estimate of drug-likeness (QED) is 0.487. The highest BCUT2D eigenvalue weighted by Gasteiger charge is 2.10. The molecule has 0 radical (unpaired) electrons. The van der Waals surface area contributed by atoms with Gasteiger partial charge in [0.2, 0.25) is 0 Å². The maximum Gasteiger partial charge on any atom is 0.338 e. The Morgan fingerprint density at radius 2 is 2.07 bits per heavy atom. The number of hydrogen-bond donors (Lipinski definition) is 1. The molecule has 0 aliphatic carbocycles. The highest BCUT2D eigenvalue weighted by atomic mass is 32.1. The average Bonchev–Trinajstić information content (AvgIpc) is 3.37. The van der Waals surface area contributed by atoms with Gasteiger partial charge in [0, 0.05) is 17.1 Å². The minimum Gasteiger partial charge on any atom is -0.489 e. The number of carbonyl (C=O) groups is 1. The first-order valence-corrected chi connectivity index (χ1v) is 9.62. The number of ether oxygens (including phenoxy) is 1. The zero-order valence-corrected chi connectivity index (χ0v) is 16.0. The third-order valence-electron chi connectivity index (χ3n) is 4.15. The van der Waals surface area contributed by atoms with E-state index in [0.29, 0.717) is 12.3 Å². The van der Waals surface area contributed by atoms with E-state index in [-0.39, 0.29) is 18.0 Å². The Morgan fingerprint density at radius 1 is 1.21 bits per heavy atom. The molecule has 0 fully saturated rings. The van der Waals surface area contributed by atoms with Gasteiger partial charge in [-0.25, -0.2) is 14.2 Å². The molecule has 2 aromatic heterocycles. The van der Waals surface area contributed by atoms with Gasteiger partial charge >= 0.3 is 5.97 Å². The fourth-order valence-corrected chi connectivity index (χ4v) is 3.55. The number of hydrogen-bond acceptors (Lipinski definition) is 5. The van der Waals surface area contributed by atoms with Gasteiger partial charge < -0.3 is 9.84 Å². The molecule has 4 aromatic rings. The number of rotatable bonds is 7. The van der Waals surface area contributed by atoms with Crippen LogP contribution in [0.15, 0.2) is 66.3 Å². The maximum atomic E-state index is 13.3. The second-order valence-electron chi connectivity index (χ2n) is 6.30. The van der Waals surface area contributed by atoms with Gasteiger partial charge in [0.25, 0.3) is 0 Å². The lowest BCUT2D eigenvalue weighted by atomic mass is 10.1. The summed E-state index contributed by atoms with van der Waals surface area (Å²) in [4.78, 5) is 15.6. The van der Waals surface area contributed by atoms with Crippen molar-refractivity contribution in [3.05, 3.63) is 88.3 Å². The molecule has 0 atom stereocenters. The van der Waals surface area contributed by atoms with Crippen molar-refractivity contribution in [2.75, 3.05) is 0 Å². The summed E-state index contributed by atoms with van der Waals surface area (Å²) >= 11 is 1.47. The molecular weight excluding hydrogens is 393 g/mol. The van der Waals surface area contributed by atoms with E-state index in [4.69, 9.17) is 9.84 Å². The van der Waals surface area contributed by atoms with Gasteiger partial charge in [0.1, 0.15) is 23.2 Å². The van der Waals surface area contributed by atoms with E-state index in [1.54, 1.807) is 10.7 Å². The predicted molar refractivity (Wildman–Crippen MR) is 107 cm³/mol. The molecule has 0 unspecified atom stereocenters. The van der Waals surface area contributed by atoms with Crippen molar-refractivity contribution in [3.63, 3.8) is 0 Å². The lowest BCUT2D eigenvalue weighted by Gasteiger charge is -2.07. The molecule has 4 rings (SSSR count). The molecule has 6 nitrogen and oxygen atoms in total. The van der Waals surface area contributed by atoms with Gasteiger partial charge in [0.15, 0.2) is 0 Å². The van der Waals surface area contributed by atoms with Crippen LogP contribution in [0.2, 0.25) is 0 Å². The molecule has 0 aliphatic rings. The first-order valence-electron chi connectivity index (χ1n) is 8.75. The maximum absolute atomic E-state index is 13.3. The zero-order chi connectivity index (χ0) is 20.2. The minimum atomic E-state index is -1.01. The summed E-state index contributed by atoms with van der Waals surface area (Å²) in [5, 5.41) is 15.8. The number of aromatic carboxylic acids is 1. The summed E-state index contributed by atoms with van der Waals surface area (Å²) in [6, 6.07) is 13.8. The van der Waals surface area contributed by atoms with E-state index >= 15 is 0 Å². The average molecular weight is 409 g/mol. The molecule has 29 heavy (non-hydrogen) atoms. The smallest absolute Gasteiger partial charge is 0.338 e. The third-order valence-corrected chi connectivity index (χ3v) is 4.99. The first kappa shape index (κ1) is 18.8. The molecule has 2 heterocycles. The zero-order valence-electron chi connectivity index (χ0n) is 15.2. The molecule has 0 spiro atoms. The van der Waals surface area contributed by atoms with Crippen LogP contribution in [-0.2, 0) is 13.2 Å². The van der Waals surface area contributed by atoms with Crippen LogP contribution in [0.25, 0.3) is 11.3 Å². The van der Waals surface area contributed by atoms with Crippen LogP contribution < -0.4 is 4.74 Å². The molecule has 8 heteroatoms. The Balaban J connectivity index is 1.44. The molecule has 2 aromatic carbocycles. The molecule has 146 valence electrons. The van der Waals surface area contributed by atoms with Gasteiger partial charge in [-0.2, -0.15) is 5.10 Å². The summed E-state index contributed by atoms with van der Waals surface area (Å²) in [6.45, 7) is 0.669. The van der Waals surface area contributed by atoms with Gasteiger partial charge in [-0.15, -0.1) is 11.3 Å². The number of benzene rings is 2. The van der Waals surface area contributed by atoms with Crippen molar-refractivity contribution in [1.82, 2.24) is 14.8 Å². The number of halogens is 1. The van der Waals surface area contributed by atoms with Gasteiger partial charge in [-0.3, -0.25) is 4.68 Å². The Kier molecular flexibility index (Phi) is 5.35. The Hall–Kier alpha value is -3.52. The van der Waals surface area contributed by atoms with Crippen molar-refractivity contribution >= 4 is 17.3 Å². The normalized spacial score (nSPS) is 10.8. The lowest BCUT2D eigenvalue weighted by Crippen LogP contribution is -2.00. The molecule has 0 saturated carbocycles. The second kappa shape index (κ2) is 8.24. The second-order valence-corrected chi connectivity index (χ2v) is 7.25. The lowest BCUT2D eigenvalue weighted by molar-refractivity contribution is 0.0696. The summed E-state index contributed by atoms with van der Waals surface area (Å²) < 4.78 is 20.6. The molecule has 0 amide bonds. The molecule has 0 aliphatic heterocycles. The molecular formula is C21H16FN3O3S. The Morgan fingerprint density at radius 3 is 2.86 bits per heavy atom. The van der Waals surface area contributed by atoms with E-state index in [1.807, 2.05) is 35.7 Å². The standard InChI is InChI=1S/C21H16FN3O3S/c22-17-5-1-3-14(7-17)12-28-18-6-2-4-15(8-18)19-13-29-20(24-19)11-25-10-16(9-23-25)21(26)27/h1-10,13H,11-12H2,(H,26,27). The van der Waals surface area contributed by atoms with E-state index in [2.05, 4.69) is 10.1 Å². The van der Waals surface area contributed by atoms with Crippen LogP contribution >= 0.6 is 11.3 Å². The molecule has 0 saturated heterocycles. The van der Waals surface area contributed by atoms with Crippen molar-refractivity contribution in [2.45, 2.75) is 13.2 Å². The van der Waals surface area contributed by atoms with Crippen LogP contribution in [0.1, 0.15) is 20.9 Å². The fraction of sp³-hybridized carbons (Fsp3) is 0.0952. The summed E-state index contributed by atoms with van der Waals surface area (Å²) in [7, 11) is 0. The van der Waals surface area contributed by atoms with Crippen LogP contribution in [0, 0.1) is 5.82 Å². The number of thiazole rings is 1. The van der Waals surface area contributed by atoms with Gasteiger partial charge in [0.05, 0.1) is 24.0 Å². The minimum absolute atomic E-state index is 0.143. The SMILES string of the molecule is O=C(O)c1cnn(Cc2nc(-c3cccc(OCc4cccc(F)c4)c3)cs2)c1. The number of carboxylic acid groups (broad SMARTS) is 1. The van der Waals surface area contributed by atoms with Gasteiger partial charge in [-0.1, -0.05) is 24.3 Å². The van der Waals surface area contributed by atoms with Gasteiger partial charge in [-0.05, 0) is 29.8 Å². The summed E-state index contributed by atoms with van der Waals surface area (Å²) in [6.07, 6.45) is 2.79. The van der Waals surface area contributed by atoms with Crippen LogP contribution in [0.5, 0.6) is 5.75 Å². The van der Waals surface area contributed by atoms with Crippen molar-refractivity contribution in [3.8, 4) is 17.0 Å². The Bertz CT molecular complexity index is 1160. The van der Waals surface area contributed by atoms with E-state index in [0.717, 1.165) is 21.8 Å². The third kappa shape index (κ3) is 4.67. The predicted octanol–water partition coefficient (Wildman–Crippen LogP) is 4.47. The number of nitrogens with zero attached hydrogens (tertiary/aromatic N) is 3. The highest BCUT2D eigenvalue weighted by Crippen LogP contribution is 2.26.